The smallest absolute Gasteiger partial charge is 0.209 e. The Morgan fingerprint density at radius 2 is 1.67 bits per heavy atom. The maximum atomic E-state index is 13.5. The van der Waals surface area contributed by atoms with Gasteiger partial charge in [-0.2, -0.15) is 0 Å². The highest BCUT2D eigenvalue weighted by atomic mass is 35.5. The van der Waals surface area contributed by atoms with Crippen molar-refractivity contribution in [2.75, 3.05) is 0 Å². The maximum Gasteiger partial charge on any atom is 0.209 e. The minimum atomic E-state index is -3.75. The zero-order chi connectivity index (χ0) is 21.3. The molecule has 0 aliphatic rings. The molecular formula is C24H20ClNO2S2. The molecule has 0 saturated carbocycles. The summed E-state index contributed by atoms with van der Waals surface area (Å²) in [6, 6.07) is 20.4. The third-order valence-electron chi connectivity index (χ3n) is 4.92. The summed E-state index contributed by atoms with van der Waals surface area (Å²) < 4.78 is 27.1. The lowest BCUT2D eigenvalue weighted by Gasteiger charge is -2.14. The summed E-state index contributed by atoms with van der Waals surface area (Å²) in [5.74, 6) is 0. The molecule has 152 valence electrons. The lowest BCUT2D eigenvalue weighted by Crippen LogP contribution is -2.05. The molecule has 3 nitrogen and oxygen atoms in total. The monoisotopic (exact) mass is 453 g/mol. The van der Waals surface area contributed by atoms with Gasteiger partial charge in [-0.3, -0.25) is 4.98 Å². The van der Waals surface area contributed by atoms with E-state index in [2.05, 4.69) is 4.98 Å². The maximum absolute atomic E-state index is 13.5. The number of benzene rings is 3. The standard InChI is InChI=1S/C24H20ClNO2S2/c1-3-17-6-11-20(12-7-17)30(27,28)23-15-26-22-13-8-18(25)14-21(22)24(23)29-19-9-4-16(2)5-10-19/h4-15H,3H2,1-2H3. The molecule has 0 atom stereocenters. The van der Waals surface area contributed by atoms with E-state index >= 15 is 0 Å². The Labute approximate surface area is 186 Å². The minimum absolute atomic E-state index is 0.187. The van der Waals surface area contributed by atoms with Crippen molar-refractivity contribution in [3.05, 3.63) is 89.1 Å². The number of rotatable bonds is 5. The molecule has 0 bridgehead atoms. The van der Waals surface area contributed by atoms with E-state index in [1.54, 1.807) is 24.3 Å². The first kappa shape index (κ1) is 20.9. The molecule has 0 unspecified atom stereocenters. The van der Waals surface area contributed by atoms with Crippen LogP contribution in [0.5, 0.6) is 0 Å². The Morgan fingerprint density at radius 3 is 2.33 bits per heavy atom. The van der Waals surface area contributed by atoms with Crippen LogP contribution in [0.15, 0.2) is 92.5 Å². The van der Waals surface area contributed by atoms with Crippen LogP contribution in [0.25, 0.3) is 10.9 Å². The first-order chi connectivity index (χ1) is 14.4. The molecule has 6 heteroatoms. The molecule has 0 amide bonds. The predicted molar refractivity (Wildman–Crippen MR) is 123 cm³/mol. The summed E-state index contributed by atoms with van der Waals surface area (Å²) in [7, 11) is -3.75. The fraction of sp³-hybridized carbons (Fsp3) is 0.125. The van der Waals surface area contributed by atoms with Crippen LogP contribution in [-0.2, 0) is 16.3 Å². The molecule has 30 heavy (non-hydrogen) atoms. The highest BCUT2D eigenvalue weighted by Gasteiger charge is 2.24. The van der Waals surface area contributed by atoms with E-state index in [4.69, 9.17) is 11.6 Å². The fourth-order valence-electron chi connectivity index (χ4n) is 3.17. The summed E-state index contributed by atoms with van der Waals surface area (Å²) >= 11 is 7.66. The van der Waals surface area contributed by atoms with E-state index < -0.39 is 9.84 Å². The van der Waals surface area contributed by atoms with Crippen LogP contribution < -0.4 is 0 Å². The number of hydrogen-bond acceptors (Lipinski definition) is 4. The topological polar surface area (TPSA) is 47.0 Å². The Hall–Kier alpha value is -2.34. The van der Waals surface area contributed by atoms with Crippen molar-refractivity contribution in [3.63, 3.8) is 0 Å². The molecule has 4 rings (SSSR count). The van der Waals surface area contributed by atoms with E-state index in [1.165, 1.54) is 18.0 Å². The normalized spacial score (nSPS) is 11.7. The summed E-state index contributed by atoms with van der Waals surface area (Å²) in [6.45, 7) is 4.06. The number of aryl methyl sites for hydroxylation is 2. The molecule has 0 fully saturated rings. The Kier molecular flexibility index (Phi) is 5.87. The summed E-state index contributed by atoms with van der Waals surface area (Å²) in [5.41, 5.74) is 2.94. The van der Waals surface area contributed by atoms with Gasteiger partial charge in [0.25, 0.3) is 0 Å². The van der Waals surface area contributed by atoms with Gasteiger partial charge in [-0.25, -0.2) is 8.42 Å². The van der Waals surface area contributed by atoms with Crippen molar-refractivity contribution in [2.24, 2.45) is 0 Å². The van der Waals surface area contributed by atoms with E-state index in [0.29, 0.717) is 15.4 Å². The molecule has 0 aliphatic heterocycles. The Morgan fingerprint density at radius 1 is 0.967 bits per heavy atom. The second-order valence-corrected chi connectivity index (χ2v) is 10.5. The van der Waals surface area contributed by atoms with Gasteiger partial charge in [0.15, 0.2) is 0 Å². The fourth-order valence-corrected chi connectivity index (χ4v) is 6.03. The van der Waals surface area contributed by atoms with Crippen molar-refractivity contribution in [2.45, 2.75) is 39.9 Å². The van der Waals surface area contributed by atoms with Gasteiger partial charge in [0.2, 0.25) is 9.84 Å². The molecule has 3 aromatic carbocycles. The van der Waals surface area contributed by atoms with Gasteiger partial charge in [0.1, 0.15) is 4.90 Å². The summed E-state index contributed by atoms with van der Waals surface area (Å²) in [5, 5.41) is 1.26. The second-order valence-electron chi connectivity index (χ2n) is 7.03. The summed E-state index contributed by atoms with van der Waals surface area (Å²) in [6.07, 6.45) is 2.31. The zero-order valence-electron chi connectivity index (χ0n) is 16.6. The van der Waals surface area contributed by atoms with Crippen LogP contribution in [0.1, 0.15) is 18.1 Å². The van der Waals surface area contributed by atoms with Gasteiger partial charge < -0.3 is 0 Å². The molecule has 4 aromatic rings. The van der Waals surface area contributed by atoms with Crippen molar-refractivity contribution in [1.29, 1.82) is 0 Å². The lowest BCUT2D eigenvalue weighted by atomic mass is 10.2. The largest absolute Gasteiger partial charge is 0.255 e. The van der Waals surface area contributed by atoms with E-state index in [1.807, 2.05) is 56.3 Å². The van der Waals surface area contributed by atoms with Gasteiger partial charge in [-0.15, -0.1) is 0 Å². The third-order valence-corrected chi connectivity index (χ3v) is 8.22. The average Bonchev–Trinajstić information content (AvgIpc) is 2.75. The number of nitrogens with zero attached hydrogens (tertiary/aromatic N) is 1. The average molecular weight is 454 g/mol. The quantitative estimate of drug-likeness (QED) is 0.335. The number of pyridine rings is 1. The molecule has 1 aromatic heterocycles. The number of fused-ring (bicyclic) bond motifs is 1. The minimum Gasteiger partial charge on any atom is -0.255 e. The molecule has 1 heterocycles. The predicted octanol–water partition coefficient (Wildman–Crippen LogP) is 6.74. The number of hydrogen-bond donors (Lipinski definition) is 0. The molecule has 0 saturated heterocycles. The van der Waals surface area contributed by atoms with Crippen molar-refractivity contribution >= 4 is 44.1 Å². The van der Waals surface area contributed by atoms with Gasteiger partial charge >= 0.3 is 0 Å². The number of sulfone groups is 1. The van der Waals surface area contributed by atoms with Gasteiger partial charge in [0, 0.05) is 26.4 Å². The van der Waals surface area contributed by atoms with Gasteiger partial charge in [-0.1, -0.05) is 60.1 Å². The van der Waals surface area contributed by atoms with Crippen molar-refractivity contribution in [1.82, 2.24) is 4.98 Å². The first-order valence-electron chi connectivity index (χ1n) is 9.55. The highest BCUT2D eigenvalue weighted by Crippen LogP contribution is 2.40. The Bertz CT molecular complexity index is 1320. The summed E-state index contributed by atoms with van der Waals surface area (Å²) in [4.78, 5) is 6.44. The zero-order valence-corrected chi connectivity index (χ0v) is 19.0. The van der Waals surface area contributed by atoms with E-state index in [0.717, 1.165) is 27.8 Å². The molecular weight excluding hydrogens is 434 g/mol. The van der Waals surface area contributed by atoms with Gasteiger partial charge in [-0.05, 0) is 61.4 Å². The van der Waals surface area contributed by atoms with E-state index in [-0.39, 0.29) is 9.79 Å². The molecule has 0 spiro atoms. The molecule has 0 N–H and O–H groups in total. The van der Waals surface area contributed by atoms with Crippen LogP contribution in [0.4, 0.5) is 0 Å². The second kappa shape index (κ2) is 8.42. The molecule has 0 radical (unpaired) electrons. The number of halogens is 1. The van der Waals surface area contributed by atoms with Crippen LogP contribution in [0.3, 0.4) is 0 Å². The van der Waals surface area contributed by atoms with E-state index in [9.17, 15) is 8.42 Å². The van der Waals surface area contributed by atoms with Crippen LogP contribution in [0.2, 0.25) is 5.02 Å². The van der Waals surface area contributed by atoms with Gasteiger partial charge in [0.05, 0.1) is 10.4 Å². The molecule has 0 aliphatic carbocycles. The van der Waals surface area contributed by atoms with Crippen molar-refractivity contribution in [3.8, 4) is 0 Å². The van der Waals surface area contributed by atoms with Crippen LogP contribution >= 0.6 is 23.4 Å². The third kappa shape index (κ3) is 4.10. The van der Waals surface area contributed by atoms with Crippen LogP contribution in [-0.4, -0.2) is 13.4 Å². The number of aromatic nitrogens is 1. The lowest BCUT2D eigenvalue weighted by molar-refractivity contribution is 0.594. The highest BCUT2D eigenvalue weighted by molar-refractivity contribution is 8.00. The van der Waals surface area contributed by atoms with Crippen LogP contribution in [0, 0.1) is 6.92 Å². The first-order valence-corrected chi connectivity index (χ1v) is 12.2. The SMILES string of the molecule is CCc1ccc(S(=O)(=O)c2cnc3ccc(Cl)cc3c2Sc2ccc(C)cc2)cc1. The Balaban J connectivity index is 1.92. The van der Waals surface area contributed by atoms with Crippen molar-refractivity contribution < 1.29 is 8.42 Å².